The van der Waals surface area contributed by atoms with Crippen molar-refractivity contribution in [2.75, 3.05) is 18.1 Å². The van der Waals surface area contributed by atoms with E-state index < -0.39 is 15.4 Å². The van der Waals surface area contributed by atoms with Gasteiger partial charge in [-0.05, 0) is 12.8 Å². The Hall–Kier alpha value is -0.780. The lowest BCUT2D eigenvalue weighted by atomic mass is 10.0. The van der Waals surface area contributed by atoms with E-state index in [1.54, 1.807) is 0 Å². The molecule has 1 spiro atoms. The molecule has 2 N–H and O–H groups in total. The van der Waals surface area contributed by atoms with Crippen molar-refractivity contribution < 1.29 is 13.2 Å². The zero-order chi connectivity index (χ0) is 9.53. The molecule has 13 heavy (non-hydrogen) atoms. The van der Waals surface area contributed by atoms with E-state index in [0.717, 1.165) is 6.42 Å². The van der Waals surface area contributed by atoms with E-state index in [0.29, 0.717) is 13.0 Å². The van der Waals surface area contributed by atoms with Crippen molar-refractivity contribution in [3.63, 3.8) is 0 Å². The minimum absolute atomic E-state index is 0.0597. The highest BCUT2D eigenvalue weighted by molar-refractivity contribution is 7.91. The molecule has 2 aliphatic rings. The summed E-state index contributed by atoms with van der Waals surface area (Å²) in [5, 5.41) is 0. The van der Waals surface area contributed by atoms with Crippen molar-refractivity contribution in [1.29, 1.82) is 0 Å². The Balaban J connectivity index is 2.18. The van der Waals surface area contributed by atoms with Crippen molar-refractivity contribution in [3.05, 3.63) is 0 Å². The van der Waals surface area contributed by atoms with Gasteiger partial charge in [-0.1, -0.05) is 0 Å². The van der Waals surface area contributed by atoms with Gasteiger partial charge >= 0.3 is 0 Å². The standard InChI is InChI=1S/C7H12N2O3S/c8-6-9-4-7(12-6)2-1-3-13(10,11)5-7/h1-5H2,(H2,8,9). The SMILES string of the molecule is NC1=NCC2(CCCS(=O)(=O)C2)O1. The summed E-state index contributed by atoms with van der Waals surface area (Å²) in [5.74, 6) is 0.322. The fraction of sp³-hybridized carbons (Fsp3) is 0.857. The van der Waals surface area contributed by atoms with Crippen LogP contribution in [0.25, 0.3) is 0 Å². The Morgan fingerprint density at radius 2 is 2.31 bits per heavy atom. The highest BCUT2D eigenvalue weighted by Gasteiger charge is 2.44. The van der Waals surface area contributed by atoms with Gasteiger partial charge in [-0.3, -0.25) is 0 Å². The Morgan fingerprint density at radius 1 is 1.54 bits per heavy atom. The molecule has 1 unspecified atom stereocenters. The first-order valence-electron chi connectivity index (χ1n) is 4.21. The summed E-state index contributed by atoms with van der Waals surface area (Å²) < 4.78 is 28.0. The molecule has 0 saturated carbocycles. The maximum absolute atomic E-state index is 11.3. The molecule has 5 nitrogen and oxygen atoms in total. The summed E-state index contributed by atoms with van der Waals surface area (Å²) in [6, 6.07) is 0.122. The predicted octanol–water partition coefficient (Wildman–Crippen LogP) is -0.721. The predicted molar refractivity (Wildman–Crippen MR) is 48.2 cm³/mol. The molecule has 2 rings (SSSR count). The summed E-state index contributed by atoms with van der Waals surface area (Å²) in [5.41, 5.74) is 4.72. The molecule has 2 aliphatic heterocycles. The van der Waals surface area contributed by atoms with Crippen LogP contribution in [0.3, 0.4) is 0 Å². The van der Waals surface area contributed by atoms with E-state index in [9.17, 15) is 8.42 Å². The molecule has 0 aromatic carbocycles. The van der Waals surface area contributed by atoms with Gasteiger partial charge in [0.25, 0.3) is 6.02 Å². The number of hydrogen-bond donors (Lipinski definition) is 1. The van der Waals surface area contributed by atoms with Gasteiger partial charge < -0.3 is 10.5 Å². The number of rotatable bonds is 0. The minimum Gasteiger partial charge on any atom is -0.456 e. The van der Waals surface area contributed by atoms with Crippen molar-refractivity contribution in [3.8, 4) is 0 Å². The summed E-state index contributed by atoms with van der Waals surface area (Å²) >= 11 is 0. The van der Waals surface area contributed by atoms with Crippen LogP contribution < -0.4 is 5.73 Å². The third-order valence-corrected chi connectivity index (χ3v) is 4.29. The van der Waals surface area contributed by atoms with E-state index in [1.165, 1.54) is 0 Å². The summed E-state index contributed by atoms with van der Waals surface area (Å²) in [6.07, 6.45) is 1.38. The van der Waals surface area contributed by atoms with Gasteiger partial charge in [0.2, 0.25) is 0 Å². The smallest absolute Gasteiger partial charge is 0.282 e. The lowest BCUT2D eigenvalue weighted by molar-refractivity contribution is 0.0948. The molecule has 6 heteroatoms. The van der Waals surface area contributed by atoms with Gasteiger partial charge in [-0.25, -0.2) is 13.4 Å². The number of hydrogen-bond acceptors (Lipinski definition) is 5. The molecule has 2 heterocycles. The summed E-state index contributed by atoms with van der Waals surface area (Å²) in [6.45, 7) is 0.387. The van der Waals surface area contributed by atoms with Gasteiger partial charge in [0.05, 0.1) is 18.1 Å². The Morgan fingerprint density at radius 3 is 2.85 bits per heavy atom. The van der Waals surface area contributed by atoms with Crippen LogP contribution in [0, 0.1) is 0 Å². The van der Waals surface area contributed by atoms with E-state index in [2.05, 4.69) is 4.99 Å². The van der Waals surface area contributed by atoms with Crippen molar-refractivity contribution >= 4 is 15.9 Å². The minimum atomic E-state index is -2.95. The average Bonchev–Trinajstić information content (AvgIpc) is 2.29. The lowest BCUT2D eigenvalue weighted by Gasteiger charge is -2.31. The molecule has 1 atom stereocenters. The molecule has 1 fully saturated rings. The van der Waals surface area contributed by atoms with E-state index in [-0.39, 0.29) is 17.5 Å². The van der Waals surface area contributed by atoms with Crippen LogP contribution in [0.5, 0.6) is 0 Å². The summed E-state index contributed by atoms with van der Waals surface area (Å²) in [7, 11) is -2.95. The van der Waals surface area contributed by atoms with Gasteiger partial charge in [-0.15, -0.1) is 0 Å². The molecule has 0 aromatic heterocycles. The third-order valence-electron chi connectivity index (χ3n) is 2.41. The van der Waals surface area contributed by atoms with E-state index >= 15 is 0 Å². The maximum atomic E-state index is 11.3. The van der Waals surface area contributed by atoms with E-state index in [1.807, 2.05) is 0 Å². The lowest BCUT2D eigenvalue weighted by Crippen LogP contribution is -2.45. The molecule has 0 aliphatic carbocycles. The Labute approximate surface area is 76.9 Å². The zero-order valence-corrected chi connectivity index (χ0v) is 8.01. The highest BCUT2D eigenvalue weighted by atomic mass is 32.2. The topological polar surface area (TPSA) is 81.8 Å². The molecular weight excluding hydrogens is 192 g/mol. The molecular formula is C7H12N2O3S. The van der Waals surface area contributed by atoms with Gasteiger partial charge in [-0.2, -0.15) is 0 Å². The Bertz CT molecular complexity index is 349. The number of amidine groups is 1. The van der Waals surface area contributed by atoms with Crippen molar-refractivity contribution in [2.24, 2.45) is 10.7 Å². The fourth-order valence-electron chi connectivity index (χ4n) is 1.87. The number of aliphatic imine (C=N–C) groups is 1. The van der Waals surface area contributed by atoms with Gasteiger partial charge in [0.15, 0.2) is 9.84 Å². The average molecular weight is 204 g/mol. The largest absolute Gasteiger partial charge is 0.456 e. The first-order chi connectivity index (χ1) is 6.02. The quantitative estimate of drug-likeness (QED) is 0.564. The second kappa shape index (κ2) is 2.60. The second-order valence-electron chi connectivity index (χ2n) is 3.64. The number of nitrogens with two attached hydrogens (primary N) is 1. The second-order valence-corrected chi connectivity index (χ2v) is 5.82. The number of ether oxygens (including phenoxy) is 1. The van der Waals surface area contributed by atoms with E-state index in [4.69, 9.17) is 10.5 Å². The molecule has 0 radical (unpaired) electrons. The zero-order valence-electron chi connectivity index (χ0n) is 7.19. The fourth-order valence-corrected chi connectivity index (χ4v) is 3.70. The monoisotopic (exact) mass is 204 g/mol. The normalized spacial score (nSPS) is 37.1. The van der Waals surface area contributed by atoms with Crippen LogP contribution in [0.1, 0.15) is 12.8 Å². The van der Waals surface area contributed by atoms with Gasteiger partial charge in [0.1, 0.15) is 5.60 Å². The molecule has 0 bridgehead atoms. The number of sulfone groups is 1. The maximum Gasteiger partial charge on any atom is 0.282 e. The van der Waals surface area contributed by atoms with Crippen LogP contribution >= 0.6 is 0 Å². The first-order valence-corrected chi connectivity index (χ1v) is 6.03. The van der Waals surface area contributed by atoms with Crippen molar-refractivity contribution in [1.82, 2.24) is 0 Å². The van der Waals surface area contributed by atoms with Crippen LogP contribution in [-0.2, 0) is 14.6 Å². The molecule has 0 amide bonds. The van der Waals surface area contributed by atoms with Gasteiger partial charge in [0, 0.05) is 0 Å². The molecule has 0 aromatic rings. The van der Waals surface area contributed by atoms with Crippen LogP contribution in [0.2, 0.25) is 0 Å². The summed E-state index contributed by atoms with van der Waals surface area (Å²) in [4.78, 5) is 3.89. The molecule has 1 saturated heterocycles. The molecule has 74 valence electrons. The Kier molecular flexibility index (Phi) is 1.76. The van der Waals surface area contributed by atoms with Crippen molar-refractivity contribution in [2.45, 2.75) is 18.4 Å². The highest BCUT2D eigenvalue weighted by Crippen LogP contribution is 2.29. The third kappa shape index (κ3) is 1.63. The van der Waals surface area contributed by atoms with Crippen LogP contribution in [0.4, 0.5) is 0 Å². The number of nitrogens with zero attached hydrogens (tertiary/aromatic N) is 1. The van der Waals surface area contributed by atoms with Crippen LogP contribution in [-0.4, -0.2) is 38.1 Å². The van der Waals surface area contributed by atoms with Crippen LogP contribution in [0.15, 0.2) is 4.99 Å². The first kappa shape index (κ1) is 8.80.